The minimum atomic E-state index is -0.122. The fourth-order valence-electron chi connectivity index (χ4n) is 2.17. The van der Waals surface area contributed by atoms with E-state index in [4.69, 9.17) is 9.47 Å². The van der Waals surface area contributed by atoms with E-state index < -0.39 is 0 Å². The second kappa shape index (κ2) is 8.08. The van der Waals surface area contributed by atoms with Crippen LogP contribution in [0, 0.1) is 0 Å². The van der Waals surface area contributed by atoms with Crippen molar-refractivity contribution in [1.82, 2.24) is 5.32 Å². The summed E-state index contributed by atoms with van der Waals surface area (Å²) in [6.07, 6.45) is 0.771. The molecule has 0 aliphatic rings. The maximum absolute atomic E-state index is 12.1. The first kappa shape index (κ1) is 15.9. The molecule has 2 aromatic rings. The third kappa shape index (κ3) is 4.25. The van der Waals surface area contributed by atoms with E-state index >= 15 is 0 Å². The second-order valence-electron chi connectivity index (χ2n) is 4.78. The predicted octanol–water partition coefficient (Wildman–Crippen LogP) is 3.07. The van der Waals surface area contributed by atoms with Gasteiger partial charge in [0.15, 0.2) is 0 Å². The molecule has 2 aromatic carbocycles. The third-order valence-corrected chi connectivity index (χ3v) is 3.29. The van der Waals surface area contributed by atoms with Gasteiger partial charge in [-0.15, -0.1) is 0 Å². The number of methoxy groups -OCH3 is 1. The molecule has 4 heteroatoms. The Hall–Kier alpha value is -2.49. The molecule has 22 heavy (non-hydrogen) atoms. The number of benzene rings is 2. The lowest BCUT2D eigenvalue weighted by Crippen LogP contribution is -2.26. The molecule has 1 N–H and O–H groups in total. The van der Waals surface area contributed by atoms with Gasteiger partial charge in [0.25, 0.3) is 5.91 Å². The van der Waals surface area contributed by atoms with Crippen molar-refractivity contribution < 1.29 is 14.3 Å². The van der Waals surface area contributed by atoms with Crippen LogP contribution in [0.5, 0.6) is 11.5 Å². The van der Waals surface area contributed by atoms with Crippen molar-refractivity contribution in [2.45, 2.75) is 13.3 Å². The molecule has 116 valence electrons. The standard InChI is InChI=1S/C18H21NO3/c1-3-22-15-10-8-14(9-11-15)12-13-19-18(20)16-6-4-5-7-17(16)21-2/h4-11H,3,12-13H2,1-2H3,(H,19,20). The molecule has 0 unspecified atom stereocenters. The van der Waals surface area contributed by atoms with Gasteiger partial charge >= 0.3 is 0 Å². The van der Waals surface area contributed by atoms with Gasteiger partial charge in [-0.25, -0.2) is 0 Å². The Kier molecular flexibility index (Phi) is 5.83. The van der Waals surface area contributed by atoms with Crippen LogP contribution >= 0.6 is 0 Å². The Morgan fingerprint density at radius 3 is 2.50 bits per heavy atom. The quantitative estimate of drug-likeness (QED) is 0.854. The zero-order valence-electron chi connectivity index (χ0n) is 13.0. The topological polar surface area (TPSA) is 47.6 Å². The highest BCUT2D eigenvalue weighted by molar-refractivity contribution is 5.96. The van der Waals surface area contributed by atoms with Crippen LogP contribution in [-0.4, -0.2) is 26.2 Å². The molecule has 1 amide bonds. The first-order valence-corrected chi connectivity index (χ1v) is 7.37. The Morgan fingerprint density at radius 2 is 1.82 bits per heavy atom. The van der Waals surface area contributed by atoms with Crippen LogP contribution in [0.25, 0.3) is 0 Å². The Balaban J connectivity index is 1.86. The lowest BCUT2D eigenvalue weighted by Gasteiger charge is -2.09. The smallest absolute Gasteiger partial charge is 0.255 e. The van der Waals surface area contributed by atoms with E-state index in [1.807, 2.05) is 43.3 Å². The monoisotopic (exact) mass is 299 g/mol. The number of rotatable bonds is 7. The van der Waals surface area contributed by atoms with E-state index in [1.54, 1.807) is 19.2 Å². The number of nitrogens with one attached hydrogen (secondary N) is 1. The molecule has 0 spiro atoms. The van der Waals surface area contributed by atoms with Crippen molar-refractivity contribution in [2.75, 3.05) is 20.3 Å². The van der Waals surface area contributed by atoms with E-state index in [2.05, 4.69) is 5.32 Å². The van der Waals surface area contributed by atoms with Crippen LogP contribution in [0.1, 0.15) is 22.8 Å². The summed E-state index contributed by atoms with van der Waals surface area (Å²) in [5, 5.41) is 2.91. The van der Waals surface area contributed by atoms with E-state index in [9.17, 15) is 4.79 Å². The molecule has 0 radical (unpaired) electrons. The van der Waals surface area contributed by atoms with Gasteiger partial charge in [0.1, 0.15) is 11.5 Å². The largest absolute Gasteiger partial charge is 0.496 e. The molecule has 0 heterocycles. The highest BCUT2D eigenvalue weighted by Gasteiger charge is 2.10. The number of amides is 1. The molecule has 0 fully saturated rings. The van der Waals surface area contributed by atoms with Crippen LogP contribution in [0.2, 0.25) is 0 Å². The minimum Gasteiger partial charge on any atom is -0.496 e. The van der Waals surface area contributed by atoms with Gasteiger partial charge in [0.05, 0.1) is 19.3 Å². The molecule has 4 nitrogen and oxygen atoms in total. The molecule has 0 saturated heterocycles. The Labute approximate surface area is 131 Å². The average Bonchev–Trinajstić information content (AvgIpc) is 2.56. The number of carbonyl (C=O) groups is 1. The number of carbonyl (C=O) groups excluding carboxylic acids is 1. The molecular weight excluding hydrogens is 278 g/mol. The van der Waals surface area contributed by atoms with E-state index in [0.29, 0.717) is 24.5 Å². The first-order valence-electron chi connectivity index (χ1n) is 7.37. The van der Waals surface area contributed by atoms with Gasteiger partial charge in [0, 0.05) is 6.54 Å². The SMILES string of the molecule is CCOc1ccc(CCNC(=O)c2ccccc2OC)cc1. The molecule has 0 aromatic heterocycles. The summed E-state index contributed by atoms with van der Waals surface area (Å²) in [6.45, 7) is 3.19. The van der Waals surface area contributed by atoms with Gasteiger partial charge in [-0.05, 0) is 43.2 Å². The summed E-state index contributed by atoms with van der Waals surface area (Å²) in [5.41, 5.74) is 1.71. The summed E-state index contributed by atoms with van der Waals surface area (Å²) in [4.78, 5) is 12.1. The molecule has 0 aliphatic heterocycles. The fourth-order valence-corrected chi connectivity index (χ4v) is 2.17. The van der Waals surface area contributed by atoms with Gasteiger partial charge in [-0.1, -0.05) is 24.3 Å². The van der Waals surface area contributed by atoms with Crippen LogP contribution in [-0.2, 0) is 6.42 Å². The van der Waals surface area contributed by atoms with E-state index in [1.165, 1.54) is 0 Å². The number of hydrogen-bond donors (Lipinski definition) is 1. The average molecular weight is 299 g/mol. The van der Waals surface area contributed by atoms with Gasteiger partial charge in [-0.2, -0.15) is 0 Å². The minimum absolute atomic E-state index is 0.122. The lowest BCUT2D eigenvalue weighted by atomic mass is 10.1. The lowest BCUT2D eigenvalue weighted by molar-refractivity contribution is 0.0951. The Morgan fingerprint density at radius 1 is 1.09 bits per heavy atom. The summed E-state index contributed by atoms with van der Waals surface area (Å²) in [7, 11) is 1.56. The third-order valence-electron chi connectivity index (χ3n) is 3.29. The molecule has 0 atom stereocenters. The van der Waals surface area contributed by atoms with Crippen LogP contribution in [0.4, 0.5) is 0 Å². The highest BCUT2D eigenvalue weighted by Crippen LogP contribution is 2.17. The number of ether oxygens (including phenoxy) is 2. The molecular formula is C18H21NO3. The number of hydrogen-bond acceptors (Lipinski definition) is 3. The molecule has 0 bridgehead atoms. The Bertz CT molecular complexity index is 608. The summed E-state index contributed by atoms with van der Waals surface area (Å²) < 4.78 is 10.6. The molecule has 2 rings (SSSR count). The van der Waals surface area contributed by atoms with Gasteiger partial charge in [0.2, 0.25) is 0 Å². The summed E-state index contributed by atoms with van der Waals surface area (Å²) in [5.74, 6) is 1.33. The maximum atomic E-state index is 12.1. The number of para-hydroxylation sites is 1. The normalized spacial score (nSPS) is 10.1. The zero-order chi connectivity index (χ0) is 15.8. The maximum Gasteiger partial charge on any atom is 0.255 e. The zero-order valence-corrected chi connectivity index (χ0v) is 13.0. The van der Waals surface area contributed by atoms with Crippen molar-refractivity contribution >= 4 is 5.91 Å². The summed E-state index contributed by atoms with van der Waals surface area (Å²) >= 11 is 0. The highest BCUT2D eigenvalue weighted by atomic mass is 16.5. The van der Waals surface area contributed by atoms with E-state index in [0.717, 1.165) is 17.7 Å². The van der Waals surface area contributed by atoms with Crippen molar-refractivity contribution in [3.63, 3.8) is 0 Å². The van der Waals surface area contributed by atoms with Crippen molar-refractivity contribution in [2.24, 2.45) is 0 Å². The second-order valence-corrected chi connectivity index (χ2v) is 4.78. The molecule has 0 saturated carbocycles. The fraction of sp³-hybridized carbons (Fsp3) is 0.278. The predicted molar refractivity (Wildman–Crippen MR) is 86.6 cm³/mol. The first-order chi connectivity index (χ1) is 10.7. The van der Waals surface area contributed by atoms with Crippen LogP contribution < -0.4 is 14.8 Å². The van der Waals surface area contributed by atoms with Crippen molar-refractivity contribution in [1.29, 1.82) is 0 Å². The van der Waals surface area contributed by atoms with Crippen molar-refractivity contribution in [3.05, 3.63) is 59.7 Å². The van der Waals surface area contributed by atoms with Crippen LogP contribution in [0.15, 0.2) is 48.5 Å². The van der Waals surface area contributed by atoms with Gasteiger partial charge in [-0.3, -0.25) is 4.79 Å². The van der Waals surface area contributed by atoms with Crippen LogP contribution in [0.3, 0.4) is 0 Å². The summed E-state index contributed by atoms with van der Waals surface area (Å²) in [6, 6.07) is 15.1. The van der Waals surface area contributed by atoms with Crippen molar-refractivity contribution in [3.8, 4) is 11.5 Å². The molecule has 0 aliphatic carbocycles. The van der Waals surface area contributed by atoms with Gasteiger partial charge < -0.3 is 14.8 Å². The van der Waals surface area contributed by atoms with E-state index in [-0.39, 0.29) is 5.91 Å².